The lowest BCUT2D eigenvalue weighted by molar-refractivity contribution is -0.119. The molecule has 2 aliphatic carbocycles. The number of thioether (sulfide) groups is 1. The van der Waals surface area contributed by atoms with Crippen molar-refractivity contribution in [1.29, 1.82) is 0 Å². The van der Waals surface area contributed by atoms with Crippen molar-refractivity contribution in [2.45, 2.75) is 63.7 Å². The van der Waals surface area contributed by atoms with Crippen molar-refractivity contribution in [3.05, 3.63) is 5.82 Å². The Morgan fingerprint density at radius 3 is 2.81 bits per heavy atom. The molecule has 1 N–H and O–H groups in total. The van der Waals surface area contributed by atoms with Gasteiger partial charge in [0, 0.05) is 19.0 Å². The fourth-order valence-electron chi connectivity index (χ4n) is 3.81. The van der Waals surface area contributed by atoms with Gasteiger partial charge in [0.2, 0.25) is 5.91 Å². The Morgan fingerprint density at radius 1 is 1.33 bits per heavy atom. The quantitative estimate of drug-likeness (QED) is 0.819. The number of hydrogen-bond acceptors (Lipinski definition) is 4. The lowest BCUT2D eigenvalue weighted by Gasteiger charge is -2.22. The molecule has 0 unspecified atom stereocenters. The van der Waals surface area contributed by atoms with E-state index in [2.05, 4.69) is 33.9 Å². The maximum absolute atomic E-state index is 12.1. The molecule has 0 aliphatic heterocycles. The first-order chi connectivity index (χ1) is 10.2. The first-order valence-electron chi connectivity index (χ1n) is 8.05. The summed E-state index contributed by atoms with van der Waals surface area (Å²) in [7, 11) is 0. The maximum Gasteiger partial charge on any atom is 0.230 e. The highest BCUT2D eigenvalue weighted by atomic mass is 32.2. The fraction of sp³-hybridized carbons (Fsp3) is 0.800. The number of aryl methyl sites for hydroxylation is 1. The van der Waals surface area contributed by atoms with E-state index < -0.39 is 0 Å². The second-order valence-electron chi connectivity index (χ2n) is 6.13. The topological polar surface area (TPSA) is 59.8 Å². The van der Waals surface area contributed by atoms with Crippen LogP contribution in [0.15, 0.2) is 5.16 Å². The van der Waals surface area contributed by atoms with Crippen LogP contribution in [0.2, 0.25) is 0 Å². The van der Waals surface area contributed by atoms with Crippen LogP contribution in [0.1, 0.15) is 45.4 Å². The summed E-state index contributed by atoms with van der Waals surface area (Å²) in [5.41, 5.74) is 0. The largest absolute Gasteiger partial charge is 0.352 e. The highest BCUT2D eigenvalue weighted by Crippen LogP contribution is 2.44. The molecule has 0 aromatic carbocycles. The molecule has 2 bridgehead atoms. The molecule has 2 aliphatic rings. The van der Waals surface area contributed by atoms with E-state index in [9.17, 15) is 4.79 Å². The number of hydrogen-bond donors (Lipinski definition) is 1. The molecule has 1 amide bonds. The Balaban J connectivity index is 1.51. The monoisotopic (exact) mass is 308 g/mol. The zero-order chi connectivity index (χ0) is 14.8. The average Bonchev–Trinajstić information content (AvgIpc) is 3.19. The Morgan fingerprint density at radius 2 is 2.19 bits per heavy atom. The average molecular weight is 308 g/mol. The molecular weight excluding hydrogens is 284 g/mol. The lowest BCUT2D eigenvalue weighted by atomic mass is 9.95. The normalized spacial score (nSPS) is 27.2. The molecule has 116 valence electrons. The summed E-state index contributed by atoms with van der Waals surface area (Å²) in [6.07, 6.45) is 6.05. The van der Waals surface area contributed by atoms with Gasteiger partial charge < -0.3 is 9.88 Å². The van der Waals surface area contributed by atoms with Crippen molar-refractivity contribution in [2.75, 3.05) is 5.75 Å². The number of nitrogens with one attached hydrogen (secondary N) is 1. The third kappa shape index (κ3) is 3.10. The zero-order valence-electron chi connectivity index (χ0n) is 12.8. The Kier molecular flexibility index (Phi) is 4.52. The van der Waals surface area contributed by atoms with Crippen LogP contribution in [0.4, 0.5) is 0 Å². The van der Waals surface area contributed by atoms with E-state index >= 15 is 0 Å². The van der Waals surface area contributed by atoms with Crippen molar-refractivity contribution in [3.8, 4) is 0 Å². The van der Waals surface area contributed by atoms with Gasteiger partial charge in [-0.25, -0.2) is 0 Å². The Bertz CT molecular complexity index is 516. The van der Waals surface area contributed by atoms with E-state index in [-0.39, 0.29) is 5.91 Å². The van der Waals surface area contributed by atoms with Gasteiger partial charge in [0.15, 0.2) is 5.16 Å². The summed E-state index contributed by atoms with van der Waals surface area (Å²) in [6, 6.07) is 0.423. The molecule has 1 heterocycles. The van der Waals surface area contributed by atoms with E-state index in [1.807, 2.05) is 0 Å². The number of amides is 1. The summed E-state index contributed by atoms with van der Waals surface area (Å²) in [5.74, 6) is 3.17. The van der Waals surface area contributed by atoms with Gasteiger partial charge in [-0.15, -0.1) is 10.2 Å². The highest BCUT2D eigenvalue weighted by molar-refractivity contribution is 7.99. The number of carbonyl (C=O) groups excluding carboxylic acids is 1. The van der Waals surface area contributed by atoms with Crippen LogP contribution in [-0.2, 0) is 17.8 Å². The van der Waals surface area contributed by atoms with Gasteiger partial charge in [0.1, 0.15) is 5.82 Å². The van der Waals surface area contributed by atoms with Gasteiger partial charge in [-0.05, 0) is 38.0 Å². The van der Waals surface area contributed by atoms with Crippen LogP contribution in [0.3, 0.4) is 0 Å². The van der Waals surface area contributed by atoms with Gasteiger partial charge in [0.25, 0.3) is 0 Å². The Hall–Kier alpha value is -1.04. The van der Waals surface area contributed by atoms with Crippen molar-refractivity contribution >= 4 is 17.7 Å². The maximum atomic E-state index is 12.1. The summed E-state index contributed by atoms with van der Waals surface area (Å²) in [6.45, 7) is 5.01. The van der Waals surface area contributed by atoms with Gasteiger partial charge in [-0.3, -0.25) is 4.79 Å². The molecule has 0 saturated heterocycles. The molecule has 2 saturated carbocycles. The van der Waals surface area contributed by atoms with E-state index in [1.54, 1.807) is 0 Å². The second kappa shape index (κ2) is 6.38. The van der Waals surface area contributed by atoms with Gasteiger partial charge >= 0.3 is 0 Å². The van der Waals surface area contributed by atoms with Crippen molar-refractivity contribution < 1.29 is 4.79 Å². The predicted octanol–water partition coefficient (Wildman–Crippen LogP) is 2.26. The van der Waals surface area contributed by atoms with Gasteiger partial charge in [-0.2, -0.15) is 0 Å². The van der Waals surface area contributed by atoms with Gasteiger partial charge in [0.05, 0.1) is 5.75 Å². The predicted molar refractivity (Wildman–Crippen MR) is 83.2 cm³/mol. The van der Waals surface area contributed by atoms with Crippen molar-refractivity contribution in [2.24, 2.45) is 11.8 Å². The number of carbonyl (C=O) groups is 1. The SMILES string of the molecule is CCc1nnc(SCC(=O)N[C@@H]2C[C@@H]3CC[C@@H]2C3)n1CC. The molecule has 1 aromatic heterocycles. The molecular formula is C15H24N4OS. The van der Waals surface area contributed by atoms with E-state index in [0.29, 0.717) is 11.8 Å². The summed E-state index contributed by atoms with van der Waals surface area (Å²) >= 11 is 1.50. The summed E-state index contributed by atoms with van der Waals surface area (Å²) in [4.78, 5) is 12.1. The van der Waals surface area contributed by atoms with E-state index in [4.69, 9.17) is 0 Å². The number of fused-ring (bicyclic) bond motifs is 2. The van der Waals surface area contributed by atoms with Crippen LogP contribution in [-0.4, -0.2) is 32.5 Å². The lowest BCUT2D eigenvalue weighted by Crippen LogP contribution is -2.39. The third-order valence-electron chi connectivity index (χ3n) is 4.84. The smallest absolute Gasteiger partial charge is 0.230 e. The third-order valence-corrected chi connectivity index (χ3v) is 5.81. The minimum Gasteiger partial charge on any atom is -0.352 e. The molecule has 0 radical (unpaired) electrons. The van der Waals surface area contributed by atoms with Crippen LogP contribution in [0.5, 0.6) is 0 Å². The number of nitrogens with zero attached hydrogens (tertiary/aromatic N) is 3. The first-order valence-corrected chi connectivity index (χ1v) is 9.04. The van der Waals surface area contributed by atoms with Crippen LogP contribution in [0.25, 0.3) is 0 Å². The molecule has 5 nitrogen and oxygen atoms in total. The minimum atomic E-state index is 0.140. The number of rotatable bonds is 6. The van der Waals surface area contributed by atoms with E-state index in [1.165, 1.54) is 37.4 Å². The zero-order valence-corrected chi connectivity index (χ0v) is 13.7. The second-order valence-corrected chi connectivity index (χ2v) is 7.08. The number of aromatic nitrogens is 3. The van der Waals surface area contributed by atoms with Crippen LogP contribution >= 0.6 is 11.8 Å². The summed E-state index contributed by atoms with van der Waals surface area (Å²) in [5, 5.41) is 12.5. The van der Waals surface area contributed by atoms with Crippen molar-refractivity contribution in [1.82, 2.24) is 20.1 Å². The van der Waals surface area contributed by atoms with Crippen LogP contribution in [0, 0.1) is 11.8 Å². The Labute approximate surface area is 130 Å². The summed E-state index contributed by atoms with van der Waals surface area (Å²) < 4.78 is 2.09. The molecule has 3 rings (SSSR count). The molecule has 0 spiro atoms. The van der Waals surface area contributed by atoms with Crippen LogP contribution < -0.4 is 5.32 Å². The molecule has 2 fully saturated rings. The molecule has 6 heteroatoms. The minimum absolute atomic E-state index is 0.140. The highest BCUT2D eigenvalue weighted by Gasteiger charge is 2.39. The van der Waals surface area contributed by atoms with Crippen molar-refractivity contribution in [3.63, 3.8) is 0 Å². The fourth-order valence-corrected chi connectivity index (χ4v) is 4.64. The first kappa shape index (κ1) is 14.9. The molecule has 1 aromatic rings. The van der Waals surface area contributed by atoms with E-state index in [0.717, 1.165) is 35.8 Å². The standard InChI is InChI=1S/C15H24N4OS/c1-3-13-17-18-15(19(13)4-2)21-9-14(20)16-12-8-10-5-6-11(12)7-10/h10-12H,3-9H2,1-2H3,(H,16,20)/t10-,11-,12-/m1/s1. The molecule has 21 heavy (non-hydrogen) atoms. The molecule has 3 atom stereocenters. The van der Waals surface area contributed by atoms with Gasteiger partial charge in [-0.1, -0.05) is 25.1 Å².